The zero-order chi connectivity index (χ0) is 16.4. The molecule has 2 N–H and O–H groups in total. The number of rotatable bonds is 4. The van der Waals surface area contributed by atoms with Crippen molar-refractivity contribution in [2.45, 2.75) is 25.3 Å². The molecule has 0 atom stereocenters. The van der Waals surface area contributed by atoms with Crippen LogP contribution in [0.5, 0.6) is 0 Å². The third-order valence-corrected chi connectivity index (χ3v) is 4.23. The molecular formula is C15H20N8O. The van der Waals surface area contributed by atoms with Crippen molar-refractivity contribution in [2.75, 3.05) is 31.1 Å². The Bertz CT molecular complexity index is 703. The Morgan fingerprint density at radius 3 is 2.67 bits per heavy atom. The summed E-state index contributed by atoms with van der Waals surface area (Å²) in [5.74, 6) is 3.06. The van der Waals surface area contributed by atoms with Crippen LogP contribution in [0, 0.1) is 0 Å². The topological polar surface area (TPSA) is 110 Å². The van der Waals surface area contributed by atoms with Gasteiger partial charge in [0.05, 0.1) is 0 Å². The Morgan fingerprint density at radius 1 is 1.21 bits per heavy atom. The molecule has 4 rings (SSSR count). The van der Waals surface area contributed by atoms with Crippen LogP contribution in [-0.2, 0) is 6.54 Å². The van der Waals surface area contributed by atoms with E-state index in [0.717, 1.165) is 50.9 Å². The van der Waals surface area contributed by atoms with E-state index in [0.29, 0.717) is 24.2 Å². The highest BCUT2D eigenvalue weighted by molar-refractivity contribution is 5.78. The Morgan fingerprint density at radius 2 is 1.96 bits per heavy atom. The van der Waals surface area contributed by atoms with E-state index in [9.17, 15) is 0 Å². The fourth-order valence-corrected chi connectivity index (χ4v) is 2.67. The van der Waals surface area contributed by atoms with Gasteiger partial charge in [0.1, 0.15) is 6.54 Å². The maximum atomic E-state index is 6.10. The van der Waals surface area contributed by atoms with Crippen LogP contribution in [0.25, 0.3) is 0 Å². The Hall–Kier alpha value is -2.71. The molecule has 3 heterocycles. The van der Waals surface area contributed by atoms with Gasteiger partial charge in [0.25, 0.3) is 0 Å². The summed E-state index contributed by atoms with van der Waals surface area (Å²) in [4.78, 5) is 21.5. The Kier molecular flexibility index (Phi) is 3.97. The van der Waals surface area contributed by atoms with E-state index in [1.54, 1.807) is 12.4 Å². The summed E-state index contributed by atoms with van der Waals surface area (Å²) in [6.45, 7) is 3.55. The van der Waals surface area contributed by atoms with Crippen LogP contribution in [0.2, 0.25) is 0 Å². The molecule has 0 aromatic carbocycles. The standard InChI is InChI=1S/C15H20N8O/c16-14(19-10-12-20-13(24-21-12)11-2-3-11)22-6-8-23(9-7-22)15-17-4-1-5-18-15/h1,4-5,11H,2-3,6-10H2,(H2,16,19). The zero-order valence-electron chi connectivity index (χ0n) is 13.4. The highest BCUT2D eigenvalue weighted by atomic mass is 16.5. The molecule has 0 radical (unpaired) electrons. The van der Waals surface area contributed by atoms with Crippen LogP contribution >= 0.6 is 0 Å². The third kappa shape index (κ3) is 3.29. The first kappa shape index (κ1) is 14.9. The maximum Gasteiger partial charge on any atom is 0.229 e. The molecule has 0 spiro atoms. The molecule has 2 fully saturated rings. The minimum absolute atomic E-state index is 0.351. The number of hydrogen-bond donors (Lipinski definition) is 1. The number of nitrogens with two attached hydrogens (primary N) is 1. The summed E-state index contributed by atoms with van der Waals surface area (Å²) < 4.78 is 5.22. The number of aliphatic imine (C=N–C) groups is 1. The van der Waals surface area contributed by atoms with Crippen LogP contribution < -0.4 is 10.6 Å². The number of anilines is 1. The molecule has 1 saturated carbocycles. The summed E-state index contributed by atoms with van der Waals surface area (Å²) in [5.41, 5.74) is 6.10. The lowest BCUT2D eigenvalue weighted by atomic mass is 10.3. The van der Waals surface area contributed by atoms with E-state index in [4.69, 9.17) is 10.3 Å². The van der Waals surface area contributed by atoms with Gasteiger partial charge in [0.2, 0.25) is 11.8 Å². The molecule has 126 valence electrons. The largest absolute Gasteiger partial charge is 0.370 e. The molecule has 9 nitrogen and oxygen atoms in total. The van der Waals surface area contributed by atoms with E-state index in [2.05, 4.69) is 34.9 Å². The van der Waals surface area contributed by atoms with Crippen LogP contribution in [-0.4, -0.2) is 57.1 Å². The van der Waals surface area contributed by atoms with Crippen LogP contribution in [0.1, 0.15) is 30.5 Å². The van der Waals surface area contributed by atoms with Gasteiger partial charge in [-0.15, -0.1) is 0 Å². The Labute approximate surface area is 139 Å². The monoisotopic (exact) mass is 328 g/mol. The third-order valence-electron chi connectivity index (χ3n) is 4.23. The summed E-state index contributed by atoms with van der Waals surface area (Å²) in [7, 11) is 0. The van der Waals surface area contributed by atoms with Crippen molar-refractivity contribution in [3.63, 3.8) is 0 Å². The second-order valence-corrected chi connectivity index (χ2v) is 6.02. The predicted molar refractivity (Wildman–Crippen MR) is 87.4 cm³/mol. The minimum atomic E-state index is 0.351. The van der Waals surface area contributed by atoms with Crippen LogP contribution in [0.3, 0.4) is 0 Å². The van der Waals surface area contributed by atoms with Crippen molar-refractivity contribution >= 4 is 11.9 Å². The molecule has 0 bridgehead atoms. The van der Waals surface area contributed by atoms with Gasteiger partial charge in [-0.25, -0.2) is 15.0 Å². The first-order valence-corrected chi connectivity index (χ1v) is 8.19. The van der Waals surface area contributed by atoms with Gasteiger partial charge < -0.3 is 20.1 Å². The molecule has 24 heavy (non-hydrogen) atoms. The van der Waals surface area contributed by atoms with Crippen LogP contribution in [0.4, 0.5) is 5.95 Å². The van der Waals surface area contributed by atoms with E-state index < -0.39 is 0 Å². The summed E-state index contributed by atoms with van der Waals surface area (Å²) in [6.07, 6.45) is 5.79. The molecule has 1 aliphatic heterocycles. The normalized spacial score (nSPS) is 18.9. The highest BCUT2D eigenvalue weighted by Gasteiger charge is 2.29. The van der Waals surface area contributed by atoms with Crippen molar-refractivity contribution in [3.8, 4) is 0 Å². The summed E-state index contributed by atoms with van der Waals surface area (Å²) in [6, 6.07) is 1.82. The SMILES string of the molecule is NC(=NCc1noc(C2CC2)n1)N1CCN(c2ncccn2)CC1. The first-order valence-electron chi connectivity index (χ1n) is 8.19. The van der Waals surface area contributed by atoms with Gasteiger partial charge in [-0.3, -0.25) is 0 Å². The fraction of sp³-hybridized carbons (Fsp3) is 0.533. The molecule has 2 aromatic rings. The summed E-state index contributed by atoms with van der Waals surface area (Å²) >= 11 is 0. The molecular weight excluding hydrogens is 308 g/mol. The van der Waals surface area contributed by atoms with Crippen molar-refractivity contribution < 1.29 is 4.52 Å². The van der Waals surface area contributed by atoms with Crippen molar-refractivity contribution in [1.29, 1.82) is 0 Å². The minimum Gasteiger partial charge on any atom is -0.370 e. The molecule has 0 amide bonds. The van der Waals surface area contributed by atoms with E-state index >= 15 is 0 Å². The van der Waals surface area contributed by atoms with Gasteiger partial charge in [0, 0.05) is 44.5 Å². The lowest BCUT2D eigenvalue weighted by Crippen LogP contribution is -2.51. The molecule has 2 aromatic heterocycles. The van der Waals surface area contributed by atoms with Gasteiger partial charge in [-0.05, 0) is 18.9 Å². The zero-order valence-corrected chi connectivity index (χ0v) is 13.4. The van der Waals surface area contributed by atoms with E-state index in [-0.39, 0.29) is 0 Å². The lowest BCUT2D eigenvalue weighted by Gasteiger charge is -2.35. The number of hydrogen-bond acceptors (Lipinski definition) is 7. The molecule has 9 heteroatoms. The smallest absolute Gasteiger partial charge is 0.229 e. The maximum absolute atomic E-state index is 6.10. The van der Waals surface area contributed by atoms with Gasteiger partial charge in [-0.2, -0.15) is 4.98 Å². The number of aromatic nitrogens is 4. The second-order valence-electron chi connectivity index (χ2n) is 6.02. The molecule has 2 aliphatic rings. The number of guanidine groups is 1. The van der Waals surface area contributed by atoms with Gasteiger partial charge in [-0.1, -0.05) is 5.16 Å². The average Bonchev–Trinajstić information content (AvgIpc) is 3.39. The van der Waals surface area contributed by atoms with Crippen molar-refractivity contribution in [2.24, 2.45) is 10.7 Å². The predicted octanol–water partition coefficient (Wildman–Crippen LogP) is 0.374. The fourth-order valence-electron chi connectivity index (χ4n) is 2.67. The van der Waals surface area contributed by atoms with Crippen LogP contribution in [0.15, 0.2) is 28.0 Å². The van der Waals surface area contributed by atoms with Crippen molar-refractivity contribution in [3.05, 3.63) is 30.2 Å². The van der Waals surface area contributed by atoms with Crippen molar-refractivity contribution in [1.82, 2.24) is 25.0 Å². The average molecular weight is 328 g/mol. The van der Waals surface area contributed by atoms with E-state index in [1.807, 2.05) is 6.07 Å². The Balaban J connectivity index is 1.31. The molecule has 1 aliphatic carbocycles. The number of piperazine rings is 1. The lowest BCUT2D eigenvalue weighted by molar-refractivity contribution is 0.372. The molecule has 1 saturated heterocycles. The number of nitrogens with zero attached hydrogens (tertiary/aromatic N) is 7. The highest BCUT2D eigenvalue weighted by Crippen LogP contribution is 2.38. The molecule has 0 unspecified atom stereocenters. The summed E-state index contributed by atoms with van der Waals surface area (Å²) in [5, 5.41) is 3.95. The quantitative estimate of drug-likeness (QED) is 0.633. The van der Waals surface area contributed by atoms with E-state index in [1.165, 1.54) is 0 Å². The second kappa shape index (κ2) is 6.42. The first-order chi connectivity index (χ1) is 11.8. The van der Waals surface area contributed by atoms with Gasteiger partial charge >= 0.3 is 0 Å². The van der Waals surface area contributed by atoms with Gasteiger partial charge in [0.15, 0.2) is 11.8 Å².